The molecule has 3 aliphatic rings. The Balaban J connectivity index is 1.66. The smallest absolute Gasteiger partial charge is 0.381 e. The Kier molecular flexibility index (Phi) is 8.05. The highest BCUT2D eigenvalue weighted by Crippen LogP contribution is 2.49. The lowest BCUT2D eigenvalue weighted by Crippen LogP contribution is -2.56. The van der Waals surface area contributed by atoms with Crippen LogP contribution in [0.15, 0.2) is 18.2 Å². The number of primary amides is 1. The number of fused-ring (bicyclic) bond motifs is 1. The van der Waals surface area contributed by atoms with E-state index in [1.54, 1.807) is 13.8 Å². The van der Waals surface area contributed by atoms with Crippen LogP contribution in [-0.2, 0) is 27.0 Å². The molecule has 0 bridgehead atoms. The van der Waals surface area contributed by atoms with E-state index in [9.17, 15) is 40.7 Å². The van der Waals surface area contributed by atoms with Gasteiger partial charge in [-0.2, -0.15) is 26.3 Å². The number of rotatable bonds is 4. The van der Waals surface area contributed by atoms with Gasteiger partial charge in [-0.05, 0) is 61.8 Å². The molecule has 0 aromatic heterocycles. The number of urea groups is 1. The molecule has 2 N–H and O–H groups in total. The summed E-state index contributed by atoms with van der Waals surface area (Å²) in [6, 6.07) is 0.278. The zero-order chi connectivity index (χ0) is 29.6. The second kappa shape index (κ2) is 10.7. The van der Waals surface area contributed by atoms with Gasteiger partial charge in [0.05, 0.1) is 16.7 Å². The number of anilines is 1. The number of halogens is 6. The van der Waals surface area contributed by atoms with Crippen molar-refractivity contribution in [2.75, 3.05) is 24.8 Å². The lowest BCUT2D eigenvalue weighted by Gasteiger charge is -2.43. The number of hydrogen-bond donors (Lipinski definition) is 1. The summed E-state index contributed by atoms with van der Waals surface area (Å²) in [4.78, 5) is 42.0. The maximum atomic E-state index is 14.1. The molecule has 1 saturated heterocycles. The van der Waals surface area contributed by atoms with Crippen LogP contribution in [-0.4, -0.2) is 65.8 Å². The van der Waals surface area contributed by atoms with Crippen LogP contribution in [0.3, 0.4) is 0 Å². The van der Waals surface area contributed by atoms with E-state index in [0.29, 0.717) is 0 Å². The maximum Gasteiger partial charge on any atom is 0.471 e. The monoisotopic (exact) mass is 578 g/mol. The molecule has 2 atom stereocenters. The highest BCUT2D eigenvalue weighted by Gasteiger charge is 2.55. The summed E-state index contributed by atoms with van der Waals surface area (Å²) in [6.07, 6.45) is -9.02. The normalized spacial score (nSPS) is 24.3. The minimum absolute atomic E-state index is 0.0504. The summed E-state index contributed by atoms with van der Waals surface area (Å²) in [5.74, 6) is -2.85. The van der Waals surface area contributed by atoms with Gasteiger partial charge in [0, 0.05) is 31.8 Å². The predicted molar refractivity (Wildman–Crippen MR) is 131 cm³/mol. The van der Waals surface area contributed by atoms with Gasteiger partial charge in [-0.1, -0.05) is 13.8 Å². The van der Waals surface area contributed by atoms with Crippen molar-refractivity contribution in [2.24, 2.45) is 17.1 Å². The largest absolute Gasteiger partial charge is 0.471 e. The predicted octanol–water partition coefficient (Wildman–Crippen LogP) is 4.66. The lowest BCUT2D eigenvalue weighted by atomic mass is 9.74. The Morgan fingerprint density at radius 3 is 2.25 bits per heavy atom. The average Bonchev–Trinajstić information content (AvgIpc) is 3.33. The molecule has 1 saturated carbocycles. The molecule has 1 aromatic carbocycles. The average molecular weight is 579 g/mol. The first-order chi connectivity index (χ1) is 18.6. The first-order valence-electron chi connectivity index (χ1n) is 13.1. The van der Waals surface area contributed by atoms with Crippen LogP contribution >= 0.6 is 0 Å². The van der Waals surface area contributed by atoms with E-state index in [1.165, 1.54) is 4.90 Å². The van der Waals surface area contributed by atoms with Crippen LogP contribution in [0, 0.1) is 11.3 Å². The van der Waals surface area contributed by atoms with Gasteiger partial charge >= 0.3 is 24.3 Å². The molecule has 2 fully saturated rings. The van der Waals surface area contributed by atoms with E-state index in [-0.39, 0.29) is 75.7 Å². The minimum atomic E-state index is -5.10. The third-order valence-corrected chi connectivity index (χ3v) is 8.43. The third kappa shape index (κ3) is 5.59. The number of nitrogens with two attached hydrogens (primary N) is 1. The number of nitrogens with zero attached hydrogens (tertiary/aromatic N) is 3. The number of ether oxygens (including phenoxy) is 1. The van der Waals surface area contributed by atoms with Crippen LogP contribution in [0.4, 0.5) is 36.8 Å². The summed E-state index contributed by atoms with van der Waals surface area (Å²) >= 11 is 0. The Labute approximate surface area is 227 Å². The number of carbonyl (C=O) groups excluding carboxylic acids is 3. The molecular formula is C26H32F6N4O4. The van der Waals surface area contributed by atoms with E-state index in [0.717, 1.165) is 28.0 Å². The Bertz CT molecular complexity index is 1150. The summed E-state index contributed by atoms with van der Waals surface area (Å²) in [5.41, 5.74) is 3.55. The van der Waals surface area contributed by atoms with Crippen molar-refractivity contribution < 1.29 is 45.5 Å². The van der Waals surface area contributed by atoms with Crippen LogP contribution in [0.2, 0.25) is 0 Å². The molecule has 222 valence electrons. The Morgan fingerprint density at radius 1 is 1.05 bits per heavy atom. The van der Waals surface area contributed by atoms with E-state index in [4.69, 9.17) is 10.5 Å². The van der Waals surface area contributed by atoms with Crippen molar-refractivity contribution in [2.45, 2.75) is 76.9 Å². The fraction of sp³-hybridized carbons (Fsp3) is 0.654. The van der Waals surface area contributed by atoms with Gasteiger partial charge in [-0.15, -0.1) is 0 Å². The van der Waals surface area contributed by atoms with E-state index in [2.05, 4.69) is 0 Å². The molecule has 2 heterocycles. The van der Waals surface area contributed by atoms with Crippen molar-refractivity contribution in [3.63, 3.8) is 0 Å². The topological polar surface area (TPSA) is 96.2 Å². The molecule has 14 heteroatoms. The lowest BCUT2D eigenvalue weighted by molar-refractivity contribution is -0.192. The first-order valence-corrected chi connectivity index (χ1v) is 13.1. The quantitative estimate of drug-likeness (QED) is 0.526. The van der Waals surface area contributed by atoms with Crippen molar-refractivity contribution in [1.82, 2.24) is 9.80 Å². The maximum absolute atomic E-state index is 14.1. The molecule has 4 rings (SSSR count). The molecule has 4 amide bonds. The van der Waals surface area contributed by atoms with Crippen LogP contribution in [0.5, 0.6) is 0 Å². The standard InChI is InChI=1S/C26H32F6N4O4/c1-15(2)24(8-5-19(12-24)36(22(38)26(30,31)32)18-6-9-40-10-7-18)21(37)34-13-16-11-17(25(27,28)29)3-4-20(16)35(14-34)23(33)39/h3-4,11,15,18-19H,5-10,12-14H2,1-2H3,(H2,33,39)/t19-,24+/m1/s1. The van der Waals surface area contributed by atoms with Crippen LogP contribution < -0.4 is 10.6 Å². The molecule has 2 aliphatic heterocycles. The summed E-state index contributed by atoms with van der Waals surface area (Å²) in [5, 5.41) is 0. The van der Waals surface area contributed by atoms with E-state index < -0.39 is 53.3 Å². The number of carbonyl (C=O) groups is 3. The highest BCUT2D eigenvalue weighted by molar-refractivity contribution is 5.94. The second-order valence-corrected chi connectivity index (χ2v) is 11.0. The van der Waals surface area contributed by atoms with E-state index in [1.807, 2.05) is 0 Å². The van der Waals surface area contributed by atoms with Gasteiger partial charge in [0.1, 0.15) is 6.67 Å². The summed E-state index contributed by atoms with van der Waals surface area (Å²) < 4.78 is 86.4. The minimum Gasteiger partial charge on any atom is -0.381 e. The molecule has 0 radical (unpaired) electrons. The zero-order valence-electron chi connectivity index (χ0n) is 22.1. The number of amides is 4. The Hall–Kier alpha value is -3.03. The van der Waals surface area contributed by atoms with Gasteiger partial charge in [-0.25, -0.2) is 4.79 Å². The molecule has 1 aliphatic carbocycles. The first kappa shape index (κ1) is 29.9. The van der Waals surface area contributed by atoms with E-state index >= 15 is 0 Å². The molecule has 40 heavy (non-hydrogen) atoms. The molecular weight excluding hydrogens is 546 g/mol. The van der Waals surface area contributed by atoms with Crippen LogP contribution in [0.25, 0.3) is 0 Å². The Morgan fingerprint density at radius 2 is 1.70 bits per heavy atom. The van der Waals surface area contributed by atoms with Crippen LogP contribution in [0.1, 0.15) is 57.1 Å². The molecule has 0 unspecified atom stereocenters. The molecule has 8 nitrogen and oxygen atoms in total. The number of alkyl halides is 6. The van der Waals surface area contributed by atoms with Gasteiger partial charge in [0.15, 0.2) is 0 Å². The summed E-state index contributed by atoms with van der Waals surface area (Å²) in [6.45, 7) is 3.35. The van der Waals surface area contributed by atoms with Gasteiger partial charge in [0.25, 0.3) is 0 Å². The molecule has 0 spiro atoms. The molecule has 1 aromatic rings. The van der Waals surface area contributed by atoms with Crippen molar-refractivity contribution in [1.29, 1.82) is 0 Å². The van der Waals surface area contributed by atoms with Gasteiger partial charge < -0.3 is 20.3 Å². The zero-order valence-corrected chi connectivity index (χ0v) is 22.1. The summed E-state index contributed by atoms with van der Waals surface area (Å²) in [7, 11) is 0. The highest BCUT2D eigenvalue weighted by atomic mass is 19.4. The second-order valence-electron chi connectivity index (χ2n) is 11.0. The third-order valence-electron chi connectivity index (χ3n) is 8.43. The van der Waals surface area contributed by atoms with Gasteiger partial charge in [0.2, 0.25) is 5.91 Å². The van der Waals surface area contributed by atoms with Crippen molar-refractivity contribution >= 4 is 23.5 Å². The number of benzene rings is 1. The van der Waals surface area contributed by atoms with Gasteiger partial charge in [-0.3, -0.25) is 14.5 Å². The fourth-order valence-electron chi connectivity index (χ4n) is 6.28. The number of hydrogen-bond acceptors (Lipinski definition) is 4. The fourth-order valence-corrected chi connectivity index (χ4v) is 6.28. The van der Waals surface area contributed by atoms with Crippen molar-refractivity contribution in [3.8, 4) is 0 Å². The SMILES string of the molecule is CC(C)[C@]1(C(=O)N2Cc3cc(C(F)(F)F)ccc3N(C(N)=O)C2)CC[C@@H](N(C(=O)C(F)(F)F)C2CCOCC2)C1. The van der Waals surface area contributed by atoms with Crippen molar-refractivity contribution in [3.05, 3.63) is 29.3 Å².